The topological polar surface area (TPSA) is 108 Å². The van der Waals surface area contributed by atoms with Crippen molar-refractivity contribution in [1.82, 2.24) is 14.3 Å². The van der Waals surface area contributed by atoms with Crippen LogP contribution < -0.4 is 10.0 Å². The number of carbonyl (C=O) groups excluding carboxylic acids is 1. The predicted octanol–water partition coefficient (Wildman–Crippen LogP) is -1.32. The van der Waals surface area contributed by atoms with E-state index in [4.69, 9.17) is 5.11 Å². The number of hydrogen-bond acceptors (Lipinski definition) is 6. The average molecular weight is 323 g/mol. The molecule has 0 aromatic rings. The molecule has 124 valence electrons. The fourth-order valence-corrected chi connectivity index (χ4v) is 3.40. The van der Waals surface area contributed by atoms with E-state index in [0.29, 0.717) is 39.0 Å². The average Bonchev–Trinajstić information content (AvgIpc) is 2.45. The number of methoxy groups -OCH3 is 1. The number of carbonyl (C=O) groups is 1. The molecule has 8 nitrogen and oxygen atoms in total. The van der Waals surface area contributed by atoms with Gasteiger partial charge in [0, 0.05) is 32.7 Å². The Morgan fingerprint density at radius 1 is 1.38 bits per heavy atom. The van der Waals surface area contributed by atoms with Crippen molar-refractivity contribution in [2.24, 2.45) is 5.92 Å². The van der Waals surface area contributed by atoms with Gasteiger partial charge in [-0.2, -0.15) is 12.7 Å². The van der Waals surface area contributed by atoms with Crippen LogP contribution in [0.5, 0.6) is 0 Å². The van der Waals surface area contributed by atoms with Crippen molar-refractivity contribution in [1.29, 1.82) is 0 Å². The van der Waals surface area contributed by atoms with E-state index < -0.39 is 16.3 Å². The van der Waals surface area contributed by atoms with Gasteiger partial charge in [-0.3, -0.25) is 4.79 Å². The van der Waals surface area contributed by atoms with Crippen molar-refractivity contribution in [3.8, 4) is 0 Å². The molecule has 1 saturated heterocycles. The Morgan fingerprint density at radius 2 is 2.00 bits per heavy atom. The molecule has 1 rings (SSSR count). The van der Waals surface area contributed by atoms with Crippen molar-refractivity contribution in [2.75, 3.05) is 39.8 Å². The quantitative estimate of drug-likeness (QED) is 0.378. The second-order valence-corrected chi connectivity index (χ2v) is 6.90. The van der Waals surface area contributed by atoms with E-state index >= 15 is 0 Å². The summed E-state index contributed by atoms with van der Waals surface area (Å²) in [5, 5.41) is 12.0. The SMILES string of the molecule is COC(=O)C1CCN(S(=O)(=O)NCCNCC(C)O)CC1. The molecule has 0 spiro atoms. The summed E-state index contributed by atoms with van der Waals surface area (Å²) in [4.78, 5) is 11.4. The van der Waals surface area contributed by atoms with Crippen LogP contribution in [0.4, 0.5) is 0 Å². The summed E-state index contributed by atoms with van der Waals surface area (Å²) >= 11 is 0. The fourth-order valence-electron chi connectivity index (χ4n) is 2.17. The van der Waals surface area contributed by atoms with Gasteiger partial charge in [-0.25, -0.2) is 4.72 Å². The number of aliphatic hydroxyl groups is 1. The highest BCUT2D eigenvalue weighted by molar-refractivity contribution is 7.87. The minimum atomic E-state index is -3.51. The third-order valence-electron chi connectivity index (χ3n) is 3.35. The number of ether oxygens (including phenoxy) is 1. The van der Waals surface area contributed by atoms with Gasteiger partial charge in [-0.05, 0) is 19.8 Å². The summed E-state index contributed by atoms with van der Waals surface area (Å²) < 4.78 is 32.6. The molecule has 0 bridgehead atoms. The number of rotatable bonds is 8. The molecule has 9 heteroatoms. The summed E-state index contributed by atoms with van der Waals surface area (Å²) in [6, 6.07) is 0. The molecule has 0 radical (unpaired) electrons. The molecule has 1 heterocycles. The first-order valence-electron chi connectivity index (χ1n) is 7.08. The van der Waals surface area contributed by atoms with Crippen LogP contribution in [0.3, 0.4) is 0 Å². The lowest BCUT2D eigenvalue weighted by Crippen LogP contribution is -2.47. The van der Waals surface area contributed by atoms with Gasteiger partial charge in [0.2, 0.25) is 0 Å². The van der Waals surface area contributed by atoms with E-state index in [1.807, 2.05) is 0 Å². The van der Waals surface area contributed by atoms with Crippen LogP contribution in [0.2, 0.25) is 0 Å². The molecule has 21 heavy (non-hydrogen) atoms. The highest BCUT2D eigenvalue weighted by Gasteiger charge is 2.31. The first-order valence-corrected chi connectivity index (χ1v) is 8.52. The van der Waals surface area contributed by atoms with Crippen molar-refractivity contribution in [2.45, 2.75) is 25.9 Å². The van der Waals surface area contributed by atoms with E-state index in [0.717, 1.165) is 0 Å². The van der Waals surface area contributed by atoms with E-state index in [1.54, 1.807) is 6.92 Å². The normalized spacial score (nSPS) is 19.4. The van der Waals surface area contributed by atoms with E-state index in [-0.39, 0.29) is 18.4 Å². The summed E-state index contributed by atoms with van der Waals surface area (Å²) in [6.45, 7) is 3.41. The molecule has 0 aromatic carbocycles. The summed E-state index contributed by atoms with van der Waals surface area (Å²) in [5.41, 5.74) is 0. The second-order valence-electron chi connectivity index (χ2n) is 5.15. The summed E-state index contributed by atoms with van der Waals surface area (Å²) in [7, 11) is -2.17. The van der Waals surface area contributed by atoms with Crippen LogP contribution in [0.1, 0.15) is 19.8 Å². The Balaban J connectivity index is 2.31. The van der Waals surface area contributed by atoms with E-state index in [2.05, 4.69) is 14.8 Å². The van der Waals surface area contributed by atoms with Gasteiger partial charge < -0.3 is 15.2 Å². The first-order chi connectivity index (χ1) is 9.86. The number of piperidine rings is 1. The lowest BCUT2D eigenvalue weighted by atomic mass is 9.99. The molecule has 0 saturated carbocycles. The van der Waals surface area contributed by atoms with Crippen LogP contribution in [0, 0.1) is 5.92 Å². The number of esters is 1. The maximum absolute atomic E-state index is 12.1. The largest absolute Gasteiger partial charge is 0.469 e. The predicted molar refractivity (Wildman–Crippen MR) is 77.8 cm³/mol. The van der Waals surface area contributed by atoms with Gasteiger partial charge in [0.1, 0.15) is 0 Å². The van der Waals surface area contributed by atoms with Crippen molar-refractivity contribution < 1.29 is 23.1 Å². The van der Waals surface area contributed by atoms with Gasteiger partial charge in [0.25, 0.3) is 10.2 Å². The second kappa shape index (κ2) is 8.64. The Bertz CT molecular complexity index is 419. The Morgan fingerprint density at radius 3 is 2.52 bits per heavy atom. The lowest BCUT2D eigenvalue weighted by molar-refractivity contribution is -0.146. The van der Waals surface area contributed by atoms with Crippen molar-refractivity contribution in [3.63, 3.8) is 0 Å². The summed E-state index contributed by atoms with van der Waals surface area (Å²) in [6.07, 6.45) is 0.501. The molecular formula is C12H25N3O5S. The number of aliphatic hydroxyl groups excluding tert-OH is 1. The lowest BCUT2D eigenvalue weighted by Gasteiger charge is -2.29. The third kappa shape index (κ3) is 6.27. The monoisotopic (exact) mass is 323 g/mol. The molecule has 0 aromatic heterocycles. The zero-order valence-corrected chi connectivity index (χ0v) is 13.4. The zero-order valence-electron chi connectivity index (χ0n) is 12.5. The molecule has 3 N–H and O–H groups in total. The van der Waals surface area contributed by atoms with Crippen molar-refractivity contribution in [3.05, 3.63) is 0 Å². The first kappa shape index (κ1) is 18.3. The van der Waals surface area contributed by atoms with Crippen LogP contribution in [0.15, 0.2) is 0 Å². The van der Waals surface area contributed by atoms with Gasteiger partial charge in [0.05, 0.1) is 19.1 Å². The van der Waals surface area contributed by atoms with E-state index in [9.17, 15) is 13.2 Å². The molecule has 0 amide bonds. The third-order valence-corrected chi connectivity index (χ3v) is 4.97. The Kier molecular flexibility index (Phi) is 7.53. The highest BCUT2D eigenvalue weighted by atomic mass is 32.2. The number of nitrogens with zero attached hydrogens (tertiary/aromatic N) is 1. The maximum atomic E-state index is 12.1. The summed E-state index contributed by atoms with van der Waals surface area (Å²) in [5.74, 6) is -0.489. The standard InChI is InChI=1S/C12H25N3O5S/c1-10(16)9-13-5-6-14-21(18,19)15-7-3-11(4-8-15)12(17)20-2/h10-11,13-14,16H,3-9H2,1-2H3. The van der Waals surface area contributed by atoms with Crippen LogP contribution in [-0.2, 0) is 19.7 Å². The van der Waals surface area contributed by atoms with Crippen molar-refractivity contribution >= 4 is 16.2 Å². The van der Waals surface area contributed by atoms with Gasteiger partial charge in [0.15, 0.2) is 0 Å². The van der Waals surface area contributed by atoms with Crippen LogP contribution >= 0.6 is 0 Å². The molecular weight excluding hydrogens is 298 g/mol. The smallest absolute Gasteiger partial charge is 0.308 e. The van der Waals surface area contributed by atoms with Gasteiger partial charge in [-0.15, -0.1) is 0 Å². The highest BCUT2D eigenvalue weighted by Crippen LogP contribution is 2.19. The van der Waals surface area contributed by atoms with E-state index in [1.165, 1.54) is 11.4 Å². The molecule has 1 aliphatic rings. The molecule has 1 fully saturated rings. The molecule has 1 aliphatic heterocycles. The van der Waals surface area contributed by atoms with Gasteiger partial charge in [-0.1, -0.05) is 0 Å². The van der Waals surface area contributed by atoms with Gasteiger partial charge >= 0.3 is 5.97 Å². The molecule has 0 aliphatic carbocycles. The minimum Gasteiger partial charge on any atom is -0.469 e. The minimum absolute atomic E-state index is 0.214. The fraction of sp³-hybridized carbons (Fsp3) is 0.917. The molecule has 1 atom stereocenters. The molecule has 1 unspecified atom stereocenters. The zero-order chi connectivity index (χ0) is 15.9. The van der Waals surface area contributed by atoms with Crippen LogP contribution in [0.25, 0.3) is 0 Å². The Labute approximate surface area is 126 Å². The Hall–Kier alpha value is -0.740. The maximum Gasteiger partial charge on any atom is 0.308 e. The number of hydrogen-bond donors (Lipinski definition) is 3. The number of nitrogens with one attached hydrogen (secondary N) is 2. The van der Waals surface area contributed by atoms with Crippen LogP contribution in [-0.4, -0.2) is 69.7 Å².